The Kier molecular flexibility index (Phi) is 3.12. The molecule has 0 bridgehead atoms. The van der Waals surface area contributed by atoms with Gasteiger partial charge in [0.25, 0.3) is 0 Å². The molecule has 0 amide bonds. The summed E-state index contributed by atoms with van der Waals surface area (Å²) in [6.07, 6.45) is 0. The van der Waals surface area contributed by atoms with Gasteiger partial charge in [0.05, 0.1) is 5.41 Å². The molecule has 1 heterocycles. The van der Waals surface area contributed by atoms with Gasteiger partial charge >= 0.3 is 0 Å². The molecular weight excluding hydrogens is 362 g/mol. The summed E-state index contributed by atoms with van der Waals surface area (Å²) in [7, 11) is 0. The molecule has 26 heavy (non-hydrogen) atoms. The first-order valence-electron chi connectivity index (χ1n) is 8.72. The van der Waals surface area contributed by atoms with E-state index < -0.39 is 0 Å². The van der Waals surface area contributed by atoms with Crippen LogP contribution >= 0.6 is 11.3 Å². The third-order valence-electron chi connectivity index (χ3n) is 5.88. The highest BCUT2D eigenvalue weighted by molar-refractivity contribution is 7.25. The summed E-state index contributed by atoms with van der Waals surface area (Å²) in [4.78, 5) is 1.42. The molecule has 4 radical (unpaired) electrons. The van der Waals surface area contributed by atoms with Gasteiger partial charge in [-0.1, -0.05) is 72.8 Å². The van der Waals surface area contributed by atoms with E-state index in [2.05, 4.69) is 105 Å². The van der Waals surface area contributed by atoms with Crippen LogP contribution in [0.15, 0.2) is 72.8 Å². The molecule has 116 valence electrons. The van der Waals surface area contributed by atoms with E-state index in [1.54, 1.807) is 0 Å². The molecule has 6 rings (SSSR count). The molecule has 0 atom stereocenters. The number of rotatable bonds is 0. The van der Waals surface area contributed by atoms with Crippen LogP contribution in [0.5, 0.6) is 0 Å². The van der Waals surface area contributed by atoms with E-state index in [0.29, 0.717) is 0 Å². The molecule has 3 heteroatoms. The molecule has 0 N–H and O–H groups in total. The zero-order valence-electron chi connectivity index (χ0n) is 14.0. The van der Waals surface area contributed by atoms with Gasteiger partial charge < -0.3 is 0 Å². The van der Waals surface area contributed by atoms with Crippen LogP contribution in [-0.4, -0.2) is 32.6 Å². The molecule has 0 aliphatic heterocycles. The Morgan fingerprint density at radius 3 is 1.65 bits per heavy atom. The van der Waals surface area contributed by atoms with Crippen LogP contribution in [0, 0.1) is 0 Å². The van der Waals surface area contributed by atoms with E-state index in [1.165, 1.54) is 52.0 Å². The topological polar surface area (TPSA) is 0 Å². The van der Waals surface area contributed by atoms with Gasteiger partial charge in [-0.2, -0.15) is 11.3 Å². The van der Waals surface area contributed by atoms with Crippen LogP contribution in [-0.2, 0) is 5.41 Å². The molecule has 1 aromatic heterocycles. The Labute approximate surface area is 173 Å². The Bertz CT molecular complexity index is 1170. The molecule has 3 aromatic carbocycles. The fourth-order valence-electron chi connectivity index (χ4n) is 4.96. The van der Waals surface area contributed by atoms with E-state index >= 15 is 0 Å². The Morgan fingerprint density at radius 2 is 1.08 bits per heavy atom. The van der Waals surface area contributed by atoms with Gasteiger partial charge in [0.15, 0.2) is 32.6 Å². The highest BCUT2D eigenvalue weighted by Crippen LogP contribution is 2.62. The molecule has 4 aromatic rings. The Morgan fingerprint density at radius 1 is 0.615 bits per heavy atom. The lowest BCUT2D eigenvalue weighted by molar-refractivity contribution is 0.801. The molecule has 0 saturated carbocycles. The average molecular weight is 374 g/mol. The predicted molar refractivity (Wildman–Crippen MR) is 111 cm³/mol. The van der Waals surface area contributed by atoms with Gasteiger partial charge in [0.2, 0.25) is 0 Å². The minimum Gasteiger partial charge on any atom is -0.162 e. The van der Waals surface area contributed by atoms with Crippen molar-refractivity contribution < 1.29 is 0 Å². The number of fused-ring (bicyclic) bond motifs is 10. The minimum absolute atomic E-state index is 0.193. The maximum absolute atomic E-state index is 3.02. The number of hydrogen-bond donors (Lipinski definition) is 0. The second-order valence-corrected chi connectivity index (χ2v) is 9.60. The summed E-state index contributed by atoms with van der Waals surface area (Å²) in [5.41, 5.74) is 9.64. The highest BCUT2D eigenvalue weighted by Gasteiger charge is 2.52. The highest BCUT2D eigenvalue weighted by atomic mass is 32.1. The SMILES string of the molecule is [Al][c]1sc2c([c]1[Al])C1(c3ccccc3-c3ccccc31)c1ccccc1-2. The lowest BCUT2D eigenvalue weighted by Gasteiger charge is -2.31. The smallest absolute Gasteiger partial charge is 0.162 e. The van der Waals surface area contributed by atoms with E-state index in [9.17, 15) is 0 Å². The number of hydrogen-bond acceptors (Lipinski definition) is 1. The molecule has 1 spiro atoms. The van der Waals surface area contributed by atoms with Crippen molar-refractivity contribution in [3.05, 3.63) is 95.1 Å². The van der Waals surface area contributed by atoms with Crippen LogP contribution in [0.25, 0.3) is 21.6 Å². The third-order valence-corrected chi connectivity index (χ3v) is 8.75. The van der Waals surface area contributed by atoms with Crippen LogP contribution in [0.4, 0.5) is 0 Å². The lowest BCUT2D eigenvalue weighted by atomic mass is 9.71. The zero-order chi connectivity index (χ0) is 17.5. The number of thiophene rings is 1. The van der Waals surface area contributed by atoms with Crippen molar-refractivity contribution in [2.45, 2.75) is 5.41 Å². The van der Waals surface area contributed by atoms with Crippen molar-refractivity contribution in [1.29, 1.82) is 0 Å². The molecule has 0 unspecified atom stereocenters. The molecule has 0 saturated heterocycles. The second kappa shape index (κ2) is 5.24. The van der Waals surface area contributed by atoms with E-state index in [4.69, 9.17) is 0 Å². The quantitative estimate of drug-likeness (QED) is 0.356. The summed E-state index contributed by atoms with van der Waals surface area (Å²) < 4.78 is 2.65. The molecule has 2 aliphatic carbocycles. The summed E-state index contributed by atoms with van der Waals surface area (Å²) in [5, 5.41) is 0. The summed E-state index contributed by atoms with van der Waals surface area (Å²) in [6.45, 7) is 0. The average Bonchev–Trinajstić information content (AvgIpc) is 3.26. The van der Waals surface area contributed by atoms with Gasteiger partial charge in [-0.25, -0.2) is 0 Å². The lowest BCUT2D eigenvalue weighted by Crippen LogP contribution is -2.34. The predicted octanol–water partition coefficient (Wildman–Crippen LogP) is 3.68. The van der Waals surface area contributed by atoms with Crippen LogP contribution in [0.3, 0.4) is 0 Å². The maximum Gasteiger partial charge on any atom is 0.191 e. The van der Waals surface area contributed by atoms with Crippen molar-refractivity contribution in [2.75, 3.05) is 0 Å². The van der Waals surface area contributed by atoms with E-state index in [-0.39, 0.29) is 5.41 Å². The van der Waals surface area contributed by atoms with Gasteiger partial charge in [-0.15, -0.1) is 8.16 Å². The Balaban J connectivity index is 1.90. The standard InChI is InChI=1S/C23H12S.2Al/c1-4-10-18-15(7-1)16-8-2-5-11-19(16)23(18)20-12-6-3-9-17(20)22-21(23)13-14-24-22;;/h1-12H;;. The monoisotopic (exact) mass is 374 g/mol. The summed E-state index contributed by atoms with van der Waals surface area (Å²) in [6, 6.07) is 26.9. The van der Waals surface area contributed by atoms with Gasteiger partial charge in [-0.3, -0.25) is 0 Å². The van der Waals surface area contributed by atoms with Crippen molar-refractivity contribution in [2.24, 2.45) is 0 Å². The van der Waals surface area contributed by atoms with Gasteiger partial charge in [0.1, 0.15) is 0 Å². The minimum atomic E-state index is -0.193. The zero-order valence-corrected chi connectivity index (χ0v) is 17.1. The fourth-order valence-corrected chi connectivity index (χ4v) is 7.19. The molecule has 0 nitrogen and oxygen atoms in total. The first-order chi connectivity index (χ1) is 12.7. The van der Waals surface area contributed by atoms with Gasteiger partial charge in [-0.05, 0) is 38.9 Å². The van der Waals surface area contributed by atoms with Crippen LogP contribution in [0.2, 0.25) is 0 Å². The van der Waals surface area contributed by atoms with Crippen molar-refractivity contribution >= 4 is 52.1 Å². The maximum atomic E-state index is 3.02. The Hall–Kier alpha value is -1.58. The van der Waals surface area contributed by atoms with Crippen molar-refractivity contribution in [1.82, 2.24) is 0 Å². The fraction of sp³-hybridized carbons (Fsp3) is 0.0435. The molecule has 2 aliphatic rings. The van der Waals surface area contributed by atoms with Gasteiger partial charge in [0, 0.05) is 4.88 Å². The van der Waals surface area contributed by atoms with E-state index in [0.717, 1.165) is 0 Å². The first-order valence-corrected chi connectivity index (χ1v) is 10.7. The molecular formula is C23H12Al2S. The molecule has 0 fully saturated rings. The van der Waals surface area contributed by atoms with E-state index in [1.807, 2.05) is 11.3 Å². The normalized spacial score (nSPS) is 14.8. The second-order valence-electron chi connectivity index (χ2n) is 6.97. The van der Waals surface area contributed by atoms with Crippen molar-refractivity contribution in [3.63, 3.8) is 0 Å². The van der Waals surface area contributed by atoms with Crippen molar-refractivity contribution in [3.8, 4) is 21.6 Å². The number of benzene rings is 3. The summed E-state index contributed by atoms with van der Waals surface area (Å²) in [5.74, 6) is 0. The first kappa shape index (κ1) is 15.5. The summed E-state index contributed by atoms with van der Waals surface area (Å²) >= 11 is 7.86. The van der Waals surface area contributed by atoms with Crippen LogP contribution < -0.4 is 8.16 Å². The largest absolute Gasteiger partial charge is 0.191 e. The third kappa shape index (κ3) is 1.63. The van der Waals surface area contributed by atoms with Crippen LogP contribution in [0.1, 0.15) is 22.3 Å².